The van der Waals surface area contributed by atoms with Crippen molar-refractivity contribution in [1.29, 1.82) is 0 Å². The van der Waals surface area contributed by atoms with Crippen molar-refractivity contribution in [2.45, 2.75) is 32.3 Å². The molecular formula is C22H22N2O3S. The number of benzene rings is 2. The van der Waals surface area contributed by atoms with E-state index in [4.69, 9.17) is 9.47 Å². The van der Waals surface area contributed by atoms with Gasteiger partial charge in [-0.2, -0.15) is 0 Å². The molecule has 28 heavy (non-hydrogen) atoms. The summed E-state index contributed by atoms with van der Waals surface area (Å²) in [5.74, 6) is 1.49. The molecule has 0 fully saturated rings. The van der Waals surface area contributed by atoms with E-state index in [1.54, 1.807) is 6.20 Å². The van der Waals surface area contributed by atoms with Gasteiger partial charge in [0.15, 0.2) is 0 Å². The van der Waals surface area contributed by atoms with Gasteiger partial charge in [-0.15, -0.1) is 0 Å². The normalized spacial score (nSPS) is 15.4. The quantitative estimate of drug-likeness (QED) is 0.629. The SMILES string of the molecule is CCCNC(=O)c1cnc(Oc2ccc3c(c2)CC[C@@H](c2ccccc2)O3)s1. The van der Waals surface area contributed by atoms with Gasteiger partial charge in [0.05, 0.1) is 6.20 Å². The van der Waals surface area contributed by atoms with E-state index in [-0.39, 0.29) is 12.0 Å². The van der Waals surface area contributed by atoms with Crippen molar-refractivity contribution in [3.8, 4) is 16.7 Å². The summed E-state index contributed by atoms with van der Waals surface area (Å²) in [7, 11) is 0. The van der Waals surface area contributed by atoms with E-state index in [1.165, 1.54) is 16.9 Å². The highest BCUT2D eigenvalue weighted by atomic mass is 32.1. The zero-order valence-corrected chi connectivity index (χ0v) is 16.5. The Morgan fingerprint density at radius 2 is 2.14 bits per heavy atom. The summed E-state index contributed by atoms with van der Waals surface area (Å²) in [5.41, 5.74) is 2.33. The summed E-state index contributed by atoms with van der Waals surface area (Å²) in [5, 5.41) is 3.30. The summed E-state index contributed by atoms with van der Waals surface area (Å²) >= 11 is 1.24. The van der Waals surface area contributed by atoms with Gasteiger partial charge in [-0.3, -0.25) is 4.79 Å². The molecule has 1 aromatic heterocycles. The van der Waals surface area contributed by atoms with E-state index in [0.29, 0.717) is 22.4 Å². The number of nitrogens with zero attached hydrogens (tertiary/aromatic N) is 1. The monoisotopic (exact) mass is 394 g/mol. The molecule has 3 aromatic rings. The Hall–Kier alpha value is -2.86. The number of hydrogen-bond acceptors (Lipinski definition) is 5. The molecule has 6 heteroatoms. The number of nitrogens with one attached hydrogen (secondary N) is 1. The van der Waals surface area contributed by atoms with Crippen LogP contribution in [-0.4, -0.2) is 17.4 Å². The van der Waals surface area contributed by atoms with Crippen LogP contribution in [0.25, 0.3) is 0 Å². The van der Waals surface area contributed by atoms with E-state index >= 15 is 0 Å². The van der Waals surface area contributed by atoms with Gasteiger partial charge in [-0.1, -0.05) is 48.6 Å². The van der Waals surface area contributed by atoms with Gasteiger partial charge in [0, 0.05) is 6.54 Å². The number of ether oxygens (including phenoxy) is 2. The molecule has 144 valence electrons. The number of carbonyl (C=O) groups is 1. The third-order valence-corrected chi connectivity index (χ3v) is 5.47. The molecule has 0 saturated carbocycles. The molecule has 4 rings (SSSR count). The number of rotatable bonds is 6. The largest absolute Gasteiger partial charge is 0.485 e. The molecule has 5 nitrogen and oxygen atoms in total. The highest BCUT2D eigenvalue weighted by Gasteiger charge is 2.22. The minimum atomic E-state index is -0.111. The molecule has 1 atom stereocenters. The minimum Gasteiger partial charge on any atom is -0.485 e. The first-order valence-corrected chi connectivity index (χ1v) is 10.3. The molecule has 2 heterocycles. The number of fused-ring (bicyclic) bond motifs is 1. The molecule has 0 aliphatic carbocycles. The third-order valence-electron chi connectivity index (χ3n) is 4.60. The fourth-order valence-electron chi connectivity index (χ4n) is 3.17. The van der Waals surface area contributed by atoms with Crippen molar-refractivity contribution >= 4 is 17.2 Å². The summed E-state index contributed by atoms with van der Waals surface area (Å²) in [6.45, 7) is 2.67. The Morgan fingerprint density at radius 1 is 1.29 bits per heavy atom. The standard InChI is InChI=1S/C22H22N2O3S/c1-2-12-23-21(25)20-14-24-22(28-20)26-17-9-11-19-16(13-17)8-10-18(27-19)15-6-4-3-5-7-15/h3-7,9,11,13-14,18H,2,8,10,12H2,1H3,(H,23,25)/t18-/m0/s1. The van der Waals surface area contributed by atoms with Crippen molar-refractivity contribution < 1.29 is 14.3 Å². The lowest BCUT2D eigenvalue weighted by molar-refractivity contribution is 0.0957. The molecule has 0 saturated heterocycles. The van der Waals surface area contributed by atoms with E-state index in [0.717, 1.165) is 30.6 Å². The van der Waals surface area contributed by atoms with Gasteiger partial charge < -0.3 is 14.8 Å². The van der Waals surface area contributed by atoms with Gasteiger partial charge in [-0.05, 0) is 48.6 Å². The molecule has 0 radical (unpaired) electrons. The first-order valence-electron chi connectivity index (χ1n) is 9.49. The maximum atomic E-state index is 12.0. The minimum absolute atomic E-state index is 0.0867. The summed E-state index contributed by atoms with van der Waals surface area (Å²) in [6.07, 6.45) is 4.39. The summed E-state index contributed by atoms with van der Waals surface area (Å²) in [4.78, 5) is 16.8. The predicted octanol–water partition coefficient (Wildman–Crippen LogP) is 5.14. The summed E-state index contributed by atoms with van der Waals surface area (Å²) < 4.78 is 12.0. The smallest absolute Gasteiger partial charge is 0.279 e. The average molecular weight is 394 g/mol. The van der Waals surface area contributed by atoms with Crippen LogP contribution in [0.5, 0.6) is 16.7 Å². The Morgan fingerprint density at radius 3 is 2.96 bits per heavy atom. The first-order chi connectivity index (χ1) is 13.7. The lowest BCUT2D eigenvalue weighted by atomic mass is 9.97. The molecule has 0 unspecified atom stereocenters. The summed E-state index contributed by atoms with van der Waals surface area (Å²) in [6, 6.07) is 16.1. The maximum Gasteiger partial charge on any atom is 0.279 e. The Kier molecular flexibility index (Phi) is 5.58. The van der Waals surface area contributed by atoms with Crippen LogP contribution < -0.4 is 14.8 Å². The number of hydrogen-bond donors (Lipinski definition) is 1. The average Bonchev–Trinajstić information content (AvgIpc) is 3.21. The van der Waals surface area contributed by atoms with Crippen LogP contribution in [0.15, 0.2) is 54.7 Å². The Bertz CT molecular complexity index is 955. The number of amides is 1. The fraction of sp³-hybridized carbons (Fsp3) is 0.273. The van der Waals surface area contributed by atoms with E-state index in [1.807, 2.05) is 43.3 Å². The third kappa shape index (κ3) is 4.17. The predicted molar refractivity (Wildman–Crippen MR) is 109 cm³/mol. The topological polar surface area (TPSA) is 60.5 Å². The van der Waals surface area contributed by atoms with Crippen LogP contribution in [0, 0.1) is 0 Å². The molecule has 2 aromatic carbocycles. The number of aromatic nitrogens is 1. The molecule has 1 amide bonds. The lowest BCUT2D eigenvalue weighted by Gasteiger charge is -2.26. The van der Waals surface area contributed by atoms with Crippen LogP contribution >= 0.6 is 11.3 Å². The van der Waals surface area contributed by atoms with Crippen LogP contribution in [0.2, 0.25) is 0 Å². The first kappa shape index (κ1) is 18.5. The molecule has 1 N–H and O–H groups in total. The van der Waals surface area contributed by atoms with E-state index in [9.17, 15) is 4.79 Å². The van der Waals surface area contributed by atoms with Crippen molar-refractivity contribution in [2.75, 3.05) is 6.54 Å². The van der Waals surface area contributed by atoms with Crippen LogP contribution in [0.4, 0.5) is 0 Å². The van der Waals surface area contributed by atoms with Gasteiger partial charge in [0.25, 0.3) is 11.1 Å². The van der Waals surface area contributed by atoms with E-state index < -0.39 is 0 Å². The van der Waals surface area contributed by atoms with Gasteiger partial charge in [0.2, 0.25) is 0 Å². The molecule has 0 bridgehead atoms. The van der Waals surface area contributed by atoms with Crippen molar-refractivity contribution in [3.63, 3.8) is 0 Å². The number of thiazole rings is 1. The number of carbonyl (C=O) groups excluding carboxylic acids is 1. The van der Waals surface area contributed by atoms with E-state index in [2.05, 4.69) is 22.4 Å². The van der Waals surface area contributed by atoms with Crippen LogP contribution in [-0.2, 0) is 6.42 Å². The molecular weight excluding hydrogens is 372 g/mol. The van der Waals surface area contributed by atoms with Crippen molar-refractivity contribution in [2.24, 2.45) is 0 Å². The van der Waals surface area contributed by atoms with Crippen molar-refractivity contribution in [3.05, 3.63) is 70.7 Å². The number of aryl methyl sites for hydroxylation is 1. The highest BCUT2D eigenvalue weighted by Crippen LogP contribution is 2.37. The highest BCUT2D eigenvalue weighted by molar-refractivity contribution is 7.15. The molecule has 1 aliphatic rings. The van der Waals surface area contributed by atoms with Crippen molar-refractivity contribution in [1.82, 2.24) is 10.3 Å². The van der Waals surface area contributed by atoms with Gasteiger partial charge in [0.1, 0.15) is 22.5 Å². The second-order valence-electron chi connectivity index (χ2n) is 6.67. The molecule has 1 aliphatic heterocycles. The van der Waals surface area contributed by atoms with Gasteiger partial charge in [-0.25, -0.2) is 4.98 Å². The van der Waals surface area contributed by atoms with Crippen LogP contribution in [0.1, 0.15) is 46.7 Å². The Labute approximate surface area is 168 Å². The molecule has 0 spiro atoms. The maximum absolute atomic E-state index is 12.0. The van der Waals surface area contributed by atoms with Gasteiger partial charge >= 0.3 is 0 Å². The fourth-order valence-corrected chi connectivity index (χ4v) is 3.87. The second-order valence-corrected chi connectivity index (χ2v) is 7.67. The lowest BCUT2D eigenvalue weighted by Crippen LogP contribution is -2.22. The van der Waals surface area contributed by atoms with Crippen LogP contribution in [0.3, 0.4) is 0 Å². The zero-order chi connectivity index (χ0) is 19.3. The zero-order valence-electron chi connectivity index (χ0n) is 15.7. The Balaban J connectivity index is 1.43. The second kappa shape index (κ2) is 8.44.